The van der Waals surface area contributed by atoms with Crippen LogP contribution in [0.2, 0.25) is 5.02 Å². The Hall–Kier alpha value is -1.91. The molecule has 0 aliphatic rings. The third kappa shape index (κ3) is 3.23. The Balaban J connectivity index is 1.97. The quantitative estimate of drug-likeness (QED) is 0.732. The van der Waals surface area contributed by atoms with Gasteiger partial charge in [-0.15, -0.1) is 11.3 Å². The number of thiophene rings is 1. The summed E-state index contributed by atoms with van der Waals surface area (Å²) < 4.78 is 1.47. The van der Waals surface area contributed by atoms with Crippen molar-refractivity contribution in [3.63, 3.8) is 0 Å². The Kier molecular flexibility index (Phi) is 3.90. The van der Waals surface area contributed by atoms with E-state index in [1.54, 1.807) is 23.5 Å². The largest absolute Gasteiger partial charge is 0.268 e. The Labute approximate surface area is 131 Å². The number of halogens is 1. The minimum Gasteiger partial charge on any atom is -0.268 e. The van der Waals surface area contributed by atoms with Gasteiger partial charge in [-0.1, -0.05) is 23.7 Å². The van der Waals surface area contributed by atoms with Crippen molar-refractivity contribution in [2.75, 3.05) is 0 Å². The van der Waals surface area contributed by atoms with Crippen LogP contribution in [0.25, 0.3) is 10.6 Å². The molecule has 0 spiro atoms. The zero-order valence-electron chi connectivity index (χ0n) is 11.4. The maximum absolute atomic E-state index is 12.0. The molecule has 0 bridgehead atoms. The Morgan fingerprint density at radius 2 is 2.05 bits per heavy atom. The van der Waals surface area contributed by atoms with Crippen molar-refractivity contribution in [1.29, 1.82) is 0 Å². The highest BCUT2D eigenvalue weighted by molar-refractivity contribution is 7.15. The van der Waals surface area contributed by atoms with Gasteiger partial charge in [0.2, 0.25) is 0 Å². The van der Waals surface area contributed by atoms with Gasteiger partial charge in [-0.2, -0.15) is 5.10 Å². The first-order chi connectivity index (χ1) is 10.1. The van der Waals surface area contributed by atoms with Crippen molar-refractivity contribution in [2.24, 2.45) is 0 Å². The maximum atomic E-state index is 12.0. The molecule has 2 aromatic heterocycles. The number of benzene rings is 1. The molecule has 0 saturated heterocycles. The molecule has 0 N–H and O–H groups in total. The van der Waals surface area contributed by atoms with Gasteiger partial charge in [0, 0.05) is 16.0 Å². The van der Waals surface area contributed by atoms with E-state index in [1.807, 2.05) is 36.4 Å². The normalized spacial score (nSPS) is 10.8. The molecule has 3 rings (SSSR count). The van der Waals surface area contributed by atoms with Gasteiger partial charge in [0.05, 0.1) is 11.4 Å². The van der Waals surface area contributed by atoms with Crippen molar-refractivity contribution in [3.05, 3.63) is 74.3 Å². The minimum atomic E-state index is -0.119. The number of hydrogen-bond acceptors (Lipinski definition) is 3. The molecular formula is C16H13ClN2OS. The van der Waals surface area contributed by atoms with Crippen LogP contribution in [0.1, 0.15) is 10.4 Å². The number of hydrogen-bond donors (Lipinski definition) is 0. The molecule has 0 radical (unpaired) electrons. The molecule has 5 heteroatoms. The fourth-order valence-corrected chi connectivity index (χ4v) is 3.12. The average Bonchev–Trinajstić information content (AvgIpc) is 2.88. The highest BCUT2D eigenvalue weighted by Crippen LogP contribution is 2.25. The molecule has 0 aliphatic heterocycles. The first-order valence-electron chi connectivity index (χ1n) is 6.51. The number of nitrogens with zero attached hydrogens (tertiary/aromatic N) is 2. The molecule has 21 heavy (non-hydrogen) atoms. The lowest BCUT2D eigenvalue weighted by molar-refractivity contribution is 0.643. The van der Waals surface area contributed by atoms with Crippen LogP contribution in [0.5, 0.6) is 0 Å². The lowest BCUT2D eigenvalue weighted by Crippen LogP contribution is -2.22. The predicted octanol–water partition coefficient (Wildman–Crippen LogP) is 3.98. The Morgan fingerprint density at radius 3 is 2.76 bits per heavy atom. The van der Waals surface area contributed by atoms with Gasteiger partial charge in [-0.3, -0.25) is 4.79 Å². The van der Waals surface area contributed by atoms with Crippen molar-refractivity contribution < 1.29 is 0 Å². The molecule has 106 valence electrons. The molecule has 2 heterocycles. The van der Waals surface area contributed by atoms with Gasteiger partial charge in [-0.05, 0) is 42.8 Å². The summed E-state index contributed by atoms with van der Waals surface area (Å²) in [7, 11) is 0. The van der Waals surface area contributed by atoms with Crippen LogP contribution in [0.3, 0.4) is 0 Å². The van der Waals surface area contributed by atoms with Crippen LogP contribution in [-0.2, 0) is 6.54 Å². The van der Waals surface area contributed by atoms with E-state index < -0.39 is 0 Å². The summed E-state index contributed by atoms with van der Waals surface area (Å²) >= 11 is 7.64. The first kappa shape index (κ1) is 14.0. The zero-order valence-corrected chi connectivity index (χ0v) is 13.0. The molecule has 1 aromatic carbocycles. The molecule has 0 aliphatic carbocycles. The van der Waals surface area contributed by atoms with Crippen LogP contribution in [0.15, 0.2) is 53.3 Å². The summed E-state index contributed by atoms with van der Waals surface area (Å²) in [5, 5.41) is 5.11. The van der Waals surface area contributed by atoms with E-state index >= 15 is 0 Å². The van der Waals surface area contributed by atoms with Gasteiger partial charge in [-0.25, -0.2) is 4.68 Å². The molecule has 0 amide bonds. The van der Waals surface area contributed by atoms with E-state index in [4.69, 9.17) is 11.6 Å². The second-order valence-electron chi connectivity index (χ2n) is 4.75. The van der Waals surface area contributed by atoms with E-state index in [1.165, 1.54) is 9.56 Å². The first-order valence-corrected chi connectivity index (χ1v) is 7.71. The number of rotatable bonds is 3. The van der Waals surface area contributed by atoms with E-state index in [-0.39, 0.29) is 5.56 Å². The molecule has 0 saturated carbocycles. The summed E-state index contributed by atoms with van der Waals surface area (Å²) in [6, 6.07) is 14.9. The molecule has 0 fully saturated rings. The van der Waals surface area contributed by atoms with Gasteiger partial charge in [0.1, 0.15) is 5.69 Å². The van der Waals surface area contributed by atoms with E-state index in [2.05, 4.69) is 12.0 Å². The van der Waals surface area contributed by atoms with Crippen LogP contribution in [0, 0.1) is 6.92 Å². The highest BCUT2D eigenvalue weighted by atomic mass is 35.5. The van der Waals surface area contributed by atoms with E-state index in [0.29, 0.717) is 11.6 Å². The monoisotopic (exact) mass is 316 g/mol. The summed E-state index contributed by atoms with van der Waals surface area (Å²) in [5.41, 5.74) is 1.65. The molecule has 0 atom stereocenters. The van der Waals surface area contributed by atoms with Gasteiger partial charge in [0.15, 0.2) is 0 Å². The van der Waals surface area contributed by atoms with Gasteiger partial charge in [0.25, 0.3) is 5.56 Å². The van der Waals surface area contributed by atoms with Crippen molar-refractivity contribution in [3.8, 4) is 10.6 Å². The summed E-state index contributed by atoms with van der Waals surface area (Å²) in [6.07, 6.45) is 0. The Morgan fingerprint density at radius 1 is 1.19 bits per heavy atom. The number of aryl methyl sites for hydroxylation is 1. The standard InChI is InChI=1S/C16H13ClN2OS/c1-11-5-7-15(21-11)14-6-8-16(20)19(18-14)10-12-3-2-4-13(17)9-12/h2-9H,10H2,1H3. The third-order valence-electron chi connectivity index (χ3n) is 3.08. The third-order valence-corrected chi connectivity index (χ3v) is 4.34. The second kappa shape index (κ2) is 5.84. The topological polar surface area (TPSA) is 34.9 Å². The molecule has 3 aromatic rings. The molecular weight excluding hydrogens is 304 g/mol. The number of aromatic nitrogens is 2. The zero-order chi connectivity index (χ0) is 14.8. The van der Waals surface area contributed by atoms with Crippen molar-refractivity contribution in [1.82, 2.24) is 9.78 Å². The van der Waals surface area contributed by atoms with Crippen LogP contribution >= 0.6 is 22.9 Å². The van der Waals surface area contributed by atoms with Gasteiger partial charge < -0.3 is 0 Å². The lowest BCUT2D eigenvalue weighted by atomic mass is 10.2. The highest BCUT2D eigenvalue weighted by Gasteiger charge is 2.06. The minimum absolute atomic E-state index is 0.119. The van der Waals surface area contributed by atoms with Crippen molar-refractivity contribution in [2.45, 2.75) is 13.5 Å². The molecule has 3 nitrogen and oxygen atoms in total. The van der Waals surface area contributed by atoms with Crippen LogP contribution in [-0.4, -0.2) is 9.78 Å². The van der Waals surface area contributed by atoms with E-state index in [9.17, 15) is 4.79 Å². The fourth-order valence-electron chi connectivity index (χ4n) is 2.07. The fraction of sp³-hybridized carbons (Fsp3) is 0.125. The maximum Gasteiger partial charge on any atom is 0.267 e. The predicted molar refractivity (Wildman–Crippen MR) is 87.1 cm³/mol. The van der Waals surface area contributed by atoms with Crippen LogP contribution < -0.4 is 5.56 Å². The van der Waals surface area contributed by atoms with E-state index in [0.717, 1.165) is 16.1 Å². The SMILES string of the molecule is Cc1ccc(-c2ccc(=O)n(Cc3cccc(Cl)c3)n2)s1. The lowest BCUT2D eigenvalue weighted by Gasteiger charge is -2.06. The summed E-state index contributed by atoms with van der Waals surface area (Å²) in [5.74, 6) is 0. The van der Waals surface area contributed by atoms with Crippen LogP contribution in [0.4, 0.5) is 0 Å². The summed E-state index contributed by atoms with van der Waals surface area (Å²) in [6.45, 7) is 2.47. The summed E-state index contributed by atoms with van der Waals surface area (Å²) in [4.78, 5) is 14.3. The van der Waals surface area contributed by atoms with Gasteiger partial charge >= 0.3 is 0 Å². The second-order valence-corrected chi connectivity index (χ2v) is 6.48. The Bertz CT molecular complexity index is 838. The average molecular weight is 317 g/mol. The van der Waals surface area contributed by atoms with Crippen molar-refractivity contribution >= 4 is 22.9 Å². The molecule has 0 unspecified atom stereocenters. The smallest absolute Gasteiger partial charge is 0.267 e.